The molecule has 0 spiro atoms. The maximum Gasteiger partial charge on any atom is 0.407 e. The van der Waals surface area contributed by atoms with Gasteiger partial charge in [0.1, 0.15) is 6.61 Å². The van der Waals surface area contributed by atoms with Gasteiger partial charge >= 0.3 is 6.09 Å². The van der Waals surface area contributed by atoms with Crippen molar-refractivity contribution in [2.45, 2.75) is 131 Å². The highest BCUT2D eigenvalue weighted by Crippen LogP contribution is 2.68. The van der Waals surface area contributed by atoms with Crippen LogP contribution < -0.4 is 5.32 Å². The number of fused-ring (bicyclic) bond motifs is 5. The largest absolute Gasteiger partial charge is 0.447 e. The van der Waals surface area contributed by atoms with Gasteiger partial charge in [-0.2, -0.15) is 0 Å². The Morgan fingerprint density at radius 1 is 0.919 bits per heavy atom. The zero-order chi connectivity index (χ0) is 26.6. The van der Waals surface area contributed by atoms with Crippen molar-refractivity contribution in [1.82, 2.24) is 5.32 Å². The molecule has 4 aliphatic rings. The molecule has 0 aromatic carbocycles. The summed E-state index contributed by atoms with van der Waals surface area (Å²) in [6.07, 6.45) is 17.7. The van der Waals surface area contributed by atoms with E-state index in [0.29, 0.717) is 36.7 Å². The molecule has 1 N–H and O–H groups in total. The van der Waals surface area contributed by atoms with Crippen LogP contribution in [0.15, 0.2) is 0 Å². The summed E-state index contributed by atoms with van der Waals surface area (Å²) in [4.78, 5) is 11.7. The van der Waals surface area contributed by atoms with Gasteiger partial charge in [-0.25, -0.2) is 4.79 Å². The quantitative estimate of drug-likeness (QED) is 0.279. The standard InChI is InChI=1S/C33H59NO3/c1-7-19-34-31(35)37-21-20-36-26-15-17-32(5)25(22-26)11-12-27-29-14-13-28(24(4)10-8-9-23(2)3)33(29,6)18-16-30(27)32/h23-30H,7-22H2,1-6H3,(H,34,35). The first-order chi connectivity index (χ1) is 17.7. The number of carbonyl (C=O) groups excluding carboxylic acids is 1. The van der Waals surface area contributed by atoms with Gasteiger partial charge in [0.2, 0.25) is 0 Å². The Hall–Kier alpha value is -0.770. The third-order valence-corrected chi connectivity index (χ3v) is 12.0. The van der Waals surface area contributed by atoms with Crippen LogP contribution in [0.4, 0.5) is 4.79 Å². The summed E-state index contributed by atoms with van der Waals surface area (Å²) in [6, 6.07) is 0. The fraction of sp³-hybridized carbons (Fsp3) is 0.970. The van der Waals surface area contributed by atoms with Crippen LogP contribution >= 0.6 is 0 Å². The minimum Gasteiger partial charge on any atom is -0.447 e. The molecule has 4 aliphatic carbocycles. The maximum atomic E-state index is 11.7. The zero-order valence-corrected chi connectivity index (χ0v) is 25.2. The van der Waals surface area contributed by atoms with E-state index in [1.54, 1.807) is 0 Å². The summed E-state index contributed by atoms with van der Waals surface area (Å²) >= 11 is 0. The predicted molar refractivity (Wildman–Crippen MR) is 152 cm³/mol. The molecule has 0 aliphatic heterocycles. The third-order valence-electron chi connectivity index (χ3n) is 12.0. The number of alkyl carbamates (subject to hydrolysis) is 1. The monoisotopic (exact) mass is 517 g/mol. The van der Waals surface area contributed by atoms with Crippen molar-refractivity contribution in [3.05, 3.63) is 0 Å². The highest BCUT2D eigenvalue weighted by atomic mass is 16.6. The second-order valence-corrected chi connectivity index (χ2v) is 14.5. The lowest BCUT2D eigenvalue weighted by molar-refractivity contribution is -0.138. The van der Waals surface area contributed by atoms with E-state index in [1.165, 1.54) is 77.0 Å². The second-order valence-electron chi connectivity index (χ2n) is 14.5. The summed E-state index contributed by atoms with van der Waals surface area (Å²) in [7, 11) is 0. The van der Waals surface area contributed by atoms with Gasteiger partial charge in [0.05, 0.1) is 12.7 Å². The van der Waals surface area contributed by atoms with Crippen LogP contribution in [0.2, 0.25) is 0 Å². The van der Waals surface area contributed by atoms with E-state index in [2.05, 4.69) is 39.9 Å². The second kappa shape index (κ2) is 12.6. The smallest absolute Gasteiger partial charge is 0.407 e. The summed E-state index contributed by atoms with van der Waals surface area (Å²) in [5.74, 6) is 6.34. The highest BCUT2D eigenvalue weighted by Gasteiger charge is 2.60. The van der Waals surface area contributed by atoms with Crippen LogP contribution in [0, 0.1) is 52.3 Å². The average molecular weight is 518 g/mol. The van der Waals surface area contributed by atoms with Crippen molar-refractivity contribution < 1.29 is 14.3 Å². The Balaban J connectivity index is 1.29. The van der Waals surface area contributed by atoms with Gasteiger partial charge < -0.3 is 14.8 Å². The fourth-order valence-corrected chi connectivity index (χ4v) is 10.0. The summed E-state index contributed by atoms with van der Waals surface area (Å²) in [5.41, 5.74) is 1.09. The van der Waals surface area contributed by atoms with E-state index >= 15 is 0 Å². The molecule has 214 valence electrons. The Kier molecular flexibility index (Phi) is 9.95. The SMILES string of the molecule is CCCNC(=O)OCCOC1CCC2(C)C(CCC3C2CCC2(C)C(C(C)CCCC(C)C)CCC32)C1. The molecule has 0 bridgehead atoms. The molecule has 4 heteroatoms. The highest BCUT2D eigenvalue weighted by molar-refractivity contribution is 5.66. The van der Waals surface area contributed by atoms with Gasteiger partial charge in [-0.05, 0) is 116 Å². The van der Waals surface area contributed by atoms with Crippen LogP contribution in [-0.4, -0.2) is 32.0 Å². The third kappa shape index (κ3) is 6.36. The number of rotatable bonds is 11. The molecular weight excluding hydrogens is 458 g/mol. The molecule has 0 aromatic heterocycles. The van der Waals surface area contributed by atoms with E-state index in [4.69, 9.17) is 9.47 Å². The lowest BCUT2D eigenvalue weighted by Crippen LogP contribution is -2.54. The van der Waals surface area contributed by atoms with Gasteiger partial charge in [0, 0.05) is 6.54 Å². The zero-order valence-electron chi connectivity index (χ0n) is 25.2. The van der Waals surface area contributed by atoms with Crippen molar-refractivity contribution in [2.75, 3.05) is 19.8 Å². The first-order valence-electron chi connectivity index (χ1n) is 16.2. The minimum absolute atomic E-state index is 0.316. The number of amides is 1. The molecule has 0 aromatic rings. The number of nitrogens with one attached hydrogen (secondary N) is 1. The van der Waals surface area contributed by atoms with E-state index in [9.17, 15) is 4.79 Å². The lowest BCUT2D eigenvalue weighted by Gasteiger charge is -2.61. The van der Waals surface area contributed by atoms with Gasteiger partial charge in [0.25, 0.3) is 0 Å². The molecule has 0 saturated heterocycles. The number of ether oxygens (including phenoxy) is 2. The molecule has 0 heterocycles. The first kappa shape index (κ1) is 29.2. The molecule has 4 saturated carbocycles. The molecule has 4 nitrogen and oxygen atoms in total. The Morgan fingerprint density at radius 2 is 1.68 bits per heavy atom. The van der Waals surface area contributed by atoms with Crippen molar-refractivity contribution in [3.8, 4) is 0 Å². The normalized spacial score (nSPS) is 40.0. The Labute approximate surface area is 228 Å². The summed E-state index contributed by atoms with van der Waals surface area (Å²) in [5, 5.41) is 2.76. The predicted octanol–water partition coefficient (Wildman–Crippen LogP) is 8.63. The van der Waals surface area contributed by atoms with Gasteiger partial charge in [-0.15, -0.1) is 0 Å². The fourth-order valence-electron chi connectivity index (χ4n) is 10.0. The van der Waals surface area contributed by atoms with Crippen LogP contribution in [0.3, 0.4) is 0 Å². The minimum atomic E-state index is -0.316. The Bertz CT molecular complexity index is 739. The van der Waals surface area contributed by atoms with E-state index in [0.717, 1.165) is 47.8 Å². The Morgan fingerprint density at radius 3 is 2.43 bits per heavy atom. The maximum absolute atomic E-state index is 11.7. The van der Waals surface area contributed by atoms with Crippen molar-refractivity contribution in [3.63, 3.8) is 0 Å². The first-order valence-corrected chi connectivity index (χ1v) is 16.2. The van der Waals surface area contributed by atoms with Crippen LogP contribution in [0.25, 0.3) is 0 Å². The lowest BCUT2D eigenvalue weighted by atomic mass is 9.44. The van der Waals surface area contributed by atoms with Crippen LogP contribution in [-0.2, 0) is 9.47 Å². The van der Waals surface area contributed by atoms with E-state index in [-0.39, 0.29) is 6.09 Å². The molecular formula is C33H59NO3. The number of carbonyl (C=O) groups is 1. The average Bonchev–Trinajstić information content (AvgIpc) is 3.22. The molecule has 37 heavy (non-hydrogen) atoms. The molecule has 0 radical (unpaired) electrons. The van der Waals surface area contributed by atoms with Gasteiger partial charge in [-0.3, -0.25) is 0 Å². The summed E-state index contributed by atoms with van der Waals surface area (Å²) < 4.78 is 11.5. The molecule has 9 atom stereocenters. The summed E-state index contributed by atoms with van der Waals surface area (Å²) in [6.45, 7) is 16.3. The van der Waals surface area contributed by atoms with Crippen molar-refractivity contribution in [1.29, 1.82) is 0 Å². The topological polar surface area (TPSA) is 47.6 Å². The molecule has 9 unspecified atom stereocenters. The van der Waals surface area contributed by atoms with Crippen molar-refractivity contribution >= 4 is 6.09 Å². The van der Waals surface area contributed by atoms with Gasteiger partial charge in [-0.1, -0.05) is 60.8 Å². The number of hydrogen-bond donors (Lipinski definition) is 1. The van der Waals surface area contributed by atoms with Gasteiger partial charge in [0.15, 0.2) is 0 Å². The molecule has 1 amide bonds. The molecule has 4 fully saturated rings. The van der Waals surface area contributed by atoms with Crippen LogP contribution in [0.5, 0.6) is 0 Å². The number of hydrogen-bond acceptors (Lipinski definition) is 3. The van der Waals surface area contributed by atoms with E-state index in [1.807, 2.05) is 6.92 Å². The van der Waals surface area contributed by atoms with Crippen LogP contribution in [0.1, 0.15) is 125 Å². The molecule has 4 rings (SSSR count). The van der Waals surface area contributed by atoms with Crippen molar-refractivity contribution in [2.24, 2.45) is 52.3 Å². The van der Waals surface area contributed by atoms with E-state index < -0.39 is 0 Å².